The van der Waals surface area contributed by atoms with Crippen LogP contribution in [-0.4, -0.2) is 95.1 Å². The van der Waals surface area contributed by atoms with Gasteiger partial charge in [-0.25, -0.2) is 0 Å². The monoisotopic (exact) mass is 503 g/mol. The van der Waals surface area contributed by atoms with Crippen molar-refractivity contribution >= 4 is 24.1 Å². The molecule has 0 saturated heterocycles. The fourth-order valence-electron chi connectivity index (χ4n) is 3.01. The molecule has 0 unspecified atom stereocenters. The summed E-state index contributed by atoms with van der Waals surface area (Å²) in [7, 11) is 0. The maximum atomic E-state index is 11.8. The molecular weight excluding hydrogens is 460 g/mol. The molecule has 2 amide bonds. The van der Waals surface area contributed by atoms with Gasteiger partial charge in [-0.1, -0.05) is 38.5 Å². The van der Waals surface area contributed by atoms with Crippen molar-refractivity contribution in [3.05, 3.63) is 0 Å². The molecule has 0 heterocycles. The zero-order chi connectivity index (χ0) is 25.8. The summed E-state index contributed by atoms with van der Waals surface area (Å²) in [6, 6.07) is 0. The molecule has 0 aliphatic carbocycles. The highest BCUT2D eigenvalue weighted by atomic mass is 16.5. The molecule has 0 atom stereocenters. The Kier molecular flexibility index (Phi) is 24.9. The Balaban J connectivity index is 3.27. The lowest BCUT2D eigenvalue weighted by atomic mass is 10.1. The van der Waals surface area contributed by atoms with Crippen LogP contribution in [0.15, 0.2) is 0 Å². The van der Waals surface area contributed by atoms with Gasteiger partial charge in [0.15, 0.2) is 0 Å². The molecule has 11 nitrogen and oxygen atoms in total. The first-order chi connectivity index (χ1) is 17.1. The summed E-state index contributed by atoms with van der Waals surface area (Å²) in [4.78, 5) is 43.7. The number of carboxylic acid groups (broad SMARTS) is 1. The minimum Gasteiger partial charge on any atom is -0.481 e. The molecule has 0 bridgehead atoms. The number of ether oxygens (including phenoxy) is 4. The number of rotatable bonds is 27. The highest BCUT2D eigenvalue weighted by Crippen LogP contribution is 2.10. The lowest BCUT2D eigenvalue weighted by molar-refractivity contribution is -0.137. The molecule has 0 aliphatic rings. The predicted molar refractivity (Wildman–Crippen MR) is 129 cm³/mol. The van der Waals surface area contributed by atoms with Gasteiger partial charge in [0.05, 0.1) is 39.6 Å². The maximum absolute atomic E-state index is 11.8. The van der Waals surface area contributed by atoms with Crippen LogP contribution in [0.3, 0.4) is 0 Å². The molecule has 0 fully saturated rings. The molecular formula is C24H43N2O9. The molecule has 0 aromatic heterocycles. The molecule has 0 aliphatic heterocycles. The SMILES string of the molecule is O=[C]COCCOCCNC(=O)COCCOCCNC(=O)CCCCCCCCCCC(=O)O. The molecule has 35 heavy (non-hydrogen) atoms. The number of aliphatic carboxylic acids is 1. The molecule has 0 rings (SSSR count). The van der Waals surface area contributed by atoms with Crippen molar-refractivity contribution in [1.82, 2.24) is 10.6 Å². The molecule has 1 radical (unpaired) electrons. The summed E-state index contributed by atoms with van der Waals surface area (Å²) in [6.45, 7) is 2.64. The topological polar surface area (TPSA) is 149 Å². The van der Waals surface area contributed by atoms with Crippen molar-refractivity contribution in [2.24, 2.45) is 0 Å². The Morgan fingerprint density at radius 2 is 1.09 bits per heavy atom. The molecule has 0 saturated carbocycles. The van der Waals surface area contributed by atoms with Gasteiger partial charge in [0.25, 0.3) is 0 Å². The molecule has 0 aromatic carbocycles. The number of unbranched alkanes of at least 4 members (excludes halogenated alkanes) is 7. The van der Waals surface area contributed by atoms with Gasteiger partial charge in [-0.2, -0.15) is 0 Å². The van der Waals surface area contributed by atoms with Crippen LogP contribution in [0, 0.1) is 0 Å². The quantitative estimate of drug-likeness (QED) is 0.141. The first-order valence-corrected chi connectivity index (χ1v) is 12.5. The van der Waals surface area contributed by atoms with E-state index in [9.17, 15) is 19.2 Å². The van der Waals surface area contributed by atoms with Crippen molar-refractivity contribution < 1.29 is 43.2 Å². The standard InChI is InChI=1S/C24H43N2O9/c27-13-16-34-18-17-32-15-12-26-23(29)21-35-20-19-33-14-11-25-22(28)9-7-5-3-1-2-4-6-8-10-24(30)31/h1-12,14-21H2,(H,25,28)(H,26,29)(H,30,31). The zero-order valence-corrected chi connectivity index (χ0v) is 20.9. The number of carbonyl (C=O) groups is 3. The first kappa shape index (κ1) is 32.9. The lowest BCUT2D eigenvalue weighted by Crippen LogP contribution is -2.31. The predicted octanol–water partition coefficient (Wildman–Crippen LogP) is 1.38. The van der Waals surface area contributed by atoms with Gasteiger partial charge in [-0.15, -0.1) is 0 Å². The summed E-state index contributed by atoms with van der Waals surface area (Å²) in [5.41, 5.74) is 0. The van der Waals surface area contributed by atoms with Crippen molar-refractivity contribution in [2.45, 2.75) is 64.2 Å². The minimum atomic E-state index is -0.726. The van der Waals surface area contributed by atoms with Crippen molar-refractivity contribution in [3.8, 4) is 0 Å². The molecule has 203 valence electrons. The van der Waals surface area contributed by atoms with E-state index in [1.54, 1.807) is 6.29 Å². The van der Waals surface area contributed by atoms with Gasteiger partial charge >= 0.3 is 5.97 Å². The minimum absolute atomic E-state index is 0.0196. The smallest absolute Gasteiger partial charge is 0.303 e. The third-order valence-corrected chi connectivity index (χ3v) is 4.82. The summed E-state index contributed by atoms with van der Waals surface area (Å²) >= 11 is 0. The number of amides is 2. The van der Waals surface area contributed by atoms with E-state index in [-0.39, 0.29) is 38.1 Å². The van der Waals surface area contributed by atoms with E-state index in [2.05, 4.69) is 10.6 Å². The maximum Gasteiger partial charge on any atom is 0.303 e. The average molecular weight is 504 g/mol. The van der Waals surface area contributed by atoms with Gasteiger partial charge in [-0.05, 0) is 12.8 Å². The molecule has 11 heteroatoms. The molecule has 0 spiro atoms. The number of nitrogens with one attached hydrogen (secondary N) is 2. The fourth-order valence-corrected chi connectivity index (χ4v) is 3.01. The highest BCUT2D eigenvalue weighted by molar-refractivity contribution is 5.77. The van der Waals surface area contributed by atoms with Gasteiger partial charge < -0.3 is 34.7 Å². The van der Waals surface area contributed by atoms with E-state index in [4.69, 9.17) is 24.1 Å². The Labute approximate surface area is 208 Å². The van der Waals surface area contributed by atoms with Crippen LogP contribution in [0.1, 0.15) is 64.2 Å². The second kappa shape index (κ2) is 26.5. The number of hydrogen-bond donors (Lipinski definition) is 3. The van der Waals surface area contributed by atoms with Crippen molar-refractivity contribution in [3.63, 3.8) is 0 Å². The fraction of sp³-hybridized carbons (Fsp3) is 0.833. The third-order valence-electron chi connectivity index (χ3n) is 4.82. The van der Waals surface area contributed by atoms with E-state index >= 15 is 0 Å². The average Bonchev–Trinajstić information content (AvgIpc) is 2.83. The van der Waals surface area contributed by atoms with Gasteiger partial charge in [0, 0.05) is 25.9 Å². The van der Waals surface area contributed by atoms with E-state index in [1.807, 2.05) is 0 Å². The second-order valence-electron chi connectivity index (χ2n) is 7.90. The van der Waals surface area contributed by atoms with Gasteiger partial charge in [0.2, 0.25) is 18.1 Å². The van der Waals surface area contributed by atoms with E-state index in [0.29, 0.717) is 52.5 Å². The van der Waals surface area contributed by atoms with E-state index < -0.39 is 5.97 Å². The van der Waals surface area contributed by atoms with Crippen molar-refractivity contribution in [1.29, 1.82) is 0 Å². The zero-order valence-electron chi connectivity index (χ0n) is 20.9. The largest absolute Gasteiger partial charge is 0.481 e. The van der Waals surface area contributed by atoms with Crippen LogP contribution >= 0.6 is 0 Å². The van der Waals surface area contributed by atoms with Crippen LogP contribution in [0.4, 0.5) is 0 Å². The van der Waals surface area contributed by atoms with Crippen LogP contribution in [-0.2, 0) is 38.1 Å². The van der Waals surface area contributed by atoms with Gasteiger partial charge in [0.1, 0.15) is 13.2 Å². The second-order valence-corrected chi connectivity index (χ2v) is 7.90. The number of hydrogen-bond acceptors (Lipinski definition) is 8. The number of carboxylic acids is 1. The molecule has 0 aromatic rings. The van der Waals surface area contributed by atoms with Crippen LogP contribution in [0.25, 0.3) is 0 Å². The summed E-state index contributed by atoms with van der Waals surface area (Å²) in [5, 5.41) is 14.0. The normalized spacial score (nSPS) is 10.7. The Morgan fingerprint density at radius 1 is 0.600 bits per heavy atom. The summed E-state index contributed by atoms with van der Waals surface area (Å²) in [6.07, 6.45) is 10.4. The number of carbonyl (C=O) groups excluding carboxylic acids is 3. The highest BCUT2D eigenvalue weighted by Gasteiger charge is 2.03. The summed E-state index contributed by atoms with van der Waals surface area (Å²) in [5.74, 6) is -0.953. The third kappa shape index (κ3) is 28.0. The van der Waals surface area contributed by atoms with E-state index in [0.717, 1.165) is 51.4 Å². The van der Waals surface area contributed by atoms with E-state index in [1.165, 1.54) is 0 Å². The first-order valence-electron chi connectivity index (χ1n) is 12.5. The van der Waals surface area contributed by atoms with Crippen LogP contribution < -0.4 is 10.6 Å². The van der Waals surface area contributed by atoms with Crippen LogP contribution in [0.5, 0.6) is 0 Å². The lowest BCUT2D eigenvalue weighted by Gasteiger charge is -2.08. The summed E-state index contributed by atoms with van der Waals surface area (Å²) < 4.78 is 20.7. The van der Waals surface area contributed by atoms with Crippen molar-refractivity contribution in [2.75, 3.05) is 65.9 Å². The van der Waals surface area contributed by atoms with Gasteiger partial charge in [-0.3, -0.25) is 19.2 Å². The molecule has 3 N–H and O–H groups in total. The Morgan fingerprint density at radius 3 is 1.66 bits per heavy atom. The Hall–Kier alpha value is -2.08. The van der Waals surface area contributed by atoms with Crippen LogP contribution in [0.2, 0.25) is 0 Å². The Bertz CT molecular complexity index is 547.